The third-order valence-corrected chi connectivity index (χ3v) is 2.61. The van der Waals surface area contributed by atoms with Crippen molar-refractivity contribution in [3.63, 3.8) is 0 Å². The Labute approximate surface area is 106 Å². The number of nitrogen functional groups attached to an aromatic ring is 1. The van der Waals surface area contributed by atoms with Crippen LogP contribution in [-0.4, -0.2) is 15.6 Å². The quantitative estimate of drug-likeness (QED) is 0.508. The van der Waals surface area contributed by atoms with Gasteiger partial charge in [0.15, 0.2) is 5.78 Å². The molecule has 2 N–H and O–H groups in total. The SMILES string of the molecule is CCn1cc(C(=O)/C=C/c2ccc(N)cc2)cn1. The van der Waals surface area contributed by atoms with Crippen molar-refractivity contribution < 1.29 is 4.79 Å². The van der Waals surface area contributed by atoms with E-state index >= 15 is 0 Å². The molecular formula is C14H15N3O. The van der Waals surface area contributed by atoms with E-state index in [0.29, 0.717) is 11.3 Å². The van der Waals surface area contributed by atoms with Crippen molar-refractivity contribution >= 4 is 17.5 Å². The molecule has 0 unspecified atom stereocenters. The van der Waals surface area contributed by atoms with E-state index in [1.807, 2.05) is 19.1 Å². The van der Waals surface area contributed by atoms with E-state index in [9.17, 15) is 4.79 Å². The molecule has 0 radical (unpaired) electrons. The van der Waals surface area contributed by atoms with E-state index in [1.165, 1.54) is 0 Å². The summed E-state index contributed by atoms with van der Waals surface area (Å²) in [7, 11) is 0. The number of anilines is 1. The number of rotatable bonds is 4. The molecule has 2 aromatic rings. The first-order valence-electron chi connectivity index (χ1n) is 5.79. The molecule has 4 heteroatoms. The standard InChI is InChI=1S/C14H15N3O/c1-2-17-10-12(9-16-17)14(18)8-5-11-3-6-13(15)7-4-11/h3-10H,2,15H2,1H3/b8-5+. The van der Waals surface area contributed by atoms with Gasteiger partial charge in [-0.05, 0) is 30.7 Å². The summed E-state index contributed by atoms with van der Waals surface area (Å²) >= 11 is 0. The maximum Gasteiger partial charge on any atom is 0.189 e. The van der Waals surface area contributed by atoms with Crippen LogP contribution in [0.15, 0.2) is 42.7 Å². The molecule has 1 aromatic carbocycles. The Morgan fingerprint density at radius 1 is 1.39 bits per heavy atom. The molecule has 2 rings (SSSR count). The monoisotopic (exact) mass is 241 g/mol. The van der Waals surface area contributed by atoms with Crippen LogP contribution in [0.2, 0.25) is 0 Å². The number of carbonyl (C=O) groups is 1. The summed E-state index contributed by atoms with van der Waals surface area (Å²) in [6, 6.07) is 7.35. The Bertz CT molecular complexity index is 567. The van der Waals surface area contributed by atoms with Gasteiger partial charge < -0.3 is 5.73 Å². The highest BCUT2D eigenvalue weighted by atomic mass is 16.1. The Balaban J connectivity index is 2.09. The van der Waals surface area contributed by atoms with Gasteiger partial charge in [-0.25, -0.2) is 0 Å². The van der Waals surface area contributed by atoms with Crippen molar-refractivity contribution in [3.05, 3.63) is 53.9 Å². The van der Waals surface area contributed by atoms with Crippen LogP contribution in [0.1, 0.15) is 22.8 Å². The predicted octanol–water partition coefficient (Wildman–Crippen LogP) is 2.38. The number of nitrogens with zero attached hydrogens (tertiary/aromatic N) is 2. The highest BCUT2D eigenvalue weighted by molar-refractivity contribution is 6.06. The summed E-state index contributed by atoms with van der Waals surface area (Å²) in [4.78, 5) is 11.8. The second-order valence-corrected chi connectivity index (χ2v) is 3.95. The highest BCUT2D eigenvalue weighted by Gasteiger charge is 2.04. The van der Waals surface area contributed by atoms with Gasteiger partial charge in [0.05, 0.1) is 11.8 Å². The summed E-state index contributed by atoms with van der Waals surface area (Å²) < 4.78 is 1.73. The molecule has 0 saturated carbocycles. The van der Waals surface area contributed by atoms with Crippen LogP contribution in [0, 0.1) is 0 Å². The first kappa shape index (κ1) is 12.1. The van der Waals surface area contributed by atoms with Gasteiger partial charge in [0, 0.05) is 18.4 Å². The van der Waals surface area contributed by atoms with Gasteiger partial charge in [-0.3, -0.25) is 9.48 Å². The van der Waals surface area contributed by atoms with E-state index in [4.69, 9.17) is 5.73 Å². The van der Waals surface area contributed by atoms with E-state index < -0.39 is 0 Å². The fraction of sp³-hybridized carbons (Fsp3) is 0.143. The van der Waals surface area contributed by atoms with Gasteiger partial charge in [-0.1, -0.05) is 18.2 Å². The number of allylic oxidation sites excluding steroid dienone is 1. The third-order valence-electron chi connectivity index (χ3n) is 2.61. The second-order valence-electron chi connectivity index (χ2n) is 3.95. The largest absolute Gasteiger partial charge is 0.399 e. The van der Waals surface area contributed by atoms with E-state index in [0.717, 1.165) is 12.1 Å². The Hall–Kier alpha value is -2.36. The number of hydrogen-bond acceptors (Lipinski definition) is 3. The summed E-state index contributed by atoms with van der Waals surface area (Å²) in [5, 5.41) is 4.07. The summed E-state index contributed by atoms with van der Waals surface area (Å²) in [6.45, 7) is 2.74. The van der Waals surface area contributed by atoms with Crippen molar-refractivity contribution in [2.45, 2.75) is 13.5 Å². The fourth-order valence-corrected chi connectivity index (χ4v) is 1.54. The summed E-state index contributed by atoms with van der Waals surface area (Å²) in [6.07, 6.45) is 6.64. The highest BCUT2D eigenvalue weighted by Crippen LogP contribution is 2.08. The van der Waals surface area contributed by atoms with Gasteiger partial charge in [0.25, 0.3) is 0 Å². The molecule has 0 saturated heterocycles. The molecule has 18 heavy (non-hydrogen) atoms. The first-order chi connectivity index (χ1) is 8.69. The molecule has 0 spiro atoms. The lowest BCUT2D eigenvalue weighted by Crippen LogP contribution is -1.94. The van der Waals surface area contributed by atoms with Crippen LogP contribution < -0.4 is 5.73 Å². The number of hydrogen-bond donors (Lipinski definition) is 1. The van der Waals surface area contributed by atoms with Gasteiger partial charge >= 0.3 is 0 Å². The van der Waals surface area contributed by atoms with Crippen molar-refractivity contribution in [1.29, 1.82) is 0 Å². The lowest BCUT2D eigenvalue weighted by atomic mass is 10.1. The van der Waals surface area contributed by atoms with Crippen LogP contribution >= 0.6 is 0 Å². The topological polar surface area (TPSA) is 60.9 Å². The van der Waals surface area contributed by atoms with Crippen molar-refractivity contribution in [2.24, 2.45) is 0 Å². The number of aryl methyl sites for hydroxylation is 1. The van der Waals surface area contributed by atoms with Crippen molar-refractivity contribution in [3.8, 4) is 0 Å². The van der Waals surface area contributed by atoms with Gasteiger partial charge in [0.2, 0.25) is 0 Å². The number of nitrogens with two attached hydrogens (primary N) is 1. The van der Waals surface area contributed by atoms with Crippen molar-refractivity contribution in [1.82, 2.24) is 9.78 Å². The molecule has 0 bridgehead atoms. The molecule has 0 aliphatic heterocycles. The minimum absolute atomic E-state index is 0.0495. The number of ketones is 1. The van der Waals surface area contributed by atoms with Crippen LogP contribution in [0.4, 0.5) is 5.69 Å². The molecule has 1 heterocycles. The van der Waals surface area contributed by atoms with E-state index in [1.54, 1.807) is 41.4 Å². The predicted molar refractivity (Wildman–Crippen MR) is 72.1 cm³/mol. The molecular weight excluding hydrogens is 226 g/mol. The number of aromatic nitrogens is 2. The van der Waals surface area contributed by atoms with Gasteiger partial charge in [0.1, 0.15) is 0 Å². The Morgan fingerprint density at radius 3 is 2.72 bits per heavy atom. The van der Waals surface area contributed by atoms with Gasteiger partial charge in [-0.15, -0.1) is 0 Å². The lowest BCUT2D eigenvalue weighted by molar-refractivity contribution is 0.104. The molecule has 92 valence electrons. The maximum absolute atomic E-state index is 11.8. The molecule has 0 aliphatic rings. The molecule has 0 aliphatic carbocycles. The normalized spacial score (nSPS) is 10.9. The number of carbonyl (C=O) groups excluding carboxylic acids is 1. The van der Waals surface area contributed by atoms with Crippen LogP contribution in [0.5, 0.6) is 0 Å². The third kappa shape index (κ3) is 2.85. The average molecular weight is 241 g/mol. The average Bonchev–Trinajstić information content (AvgIpc) is 2.86. The van der Waals surface area contributed by atoms with Gasteiger partial charge in [-0.2, -0.15) is 5.10 Å². The first-order valence-corrected chi connectivity index (χ1v) is 5.79. The van der Waals surface area contributed by atoms with Crippen molar-refractivity contribution in [2.75, 3.05) is 5.73 Å². The van der Waals surface area contributed by atoms with Crippen LogP contribution in [0.25, 0.3) is 6.08 Å². The Kier molecular flexibility index (Phi) is 3.57. The summed E-state index contributed by atoms with van der Waals surface area (Å²) in [5.41, 5.74) is 7.85. The van der Waals surface area contributed by atoms with E-state index in [2.05, 4.69) is 5.10 Å². The second kappa shape index (κ2) is 5.31. The van der Waals surface area contributed by atoms with Crippen LogP contribution in [0.3, 0.4) is 0 Å². The smallest absolute Gasteiger partial charge is 0.189 e. The summed E-state index contributed by atoms with van der Waals surface area (Å²) in [5.74, 6) is -0.0495. The zero-order valence-corrected chi connectivity index (χ0v) is 10.2. The molecule has 0 amide bonds. The zero-order chi connectivity index (χ0) is 13.0. The van der Waals surface area contributed by atoms with Crippen LogP contribution in [-0.2, 0) is 6.54 Å². The lowest BCUT2D eigenvalue weighted by Gasteiger charge is -1.94. The molecule has 0 atom stereocenters. The molecule has 4 nitrogen and oxygen atoms in total. The van der Waals surface area contributed by atoms with E-state index in [-0.39, 0.29) is 5.78 Å². The maximum atomic E-state index is 11.8. The molecule has 1 aromatic heterocycles. The number of benzene rings is 1. The Morgan fingerprint density at radius 2 is 2.11 bits per heavy atom. The molecule has 0 fully saturated rings. The fourth-order valence-electron chi connectivity index (χ4n) is 1.54. The zero-order valence-electron chi connectivity index (χ0n) is 10.2. The minimum atomic E-state index is -0.0495. The minimum Gasteiger partial charge on any atom is -0.399 e.